The van der Waals surface area contributed by atoms with Crippen LogP contribution in [0.4, 0.5) is 13.2 Å². The minimum absolute atomic E-state index is 0.213. The number of benzene rings is 2. The Bertz CT molecular complexity index is 1000. The number of primary amides is 1. The van der Waals surface area contributed by atoms with Gasteiger partial charge in [-0.3, -0.25) is 4.79 Å². The maximum atomic E-state index is 12.7. The summed E-state index contributed by atoms with van der Waals surface area (Å²) in [7, 11) is 0. The van der Waals surface area contributed by atoms with Crippen LogP contribution in [0.3, 0.4) is 0 Å². The molecular formula is C22H21F3N2O2S2. The maximum Gasteiger partial charge on any atom is 0.416 e. The number of aliphatic hydroxyl groups is 1. The summed E-state index contributed by atoms with van der Waals surface area (Å²) in [4.78, 5) is 13.3. The Morgan fingerprint density at radius 3 is 2.23 bits per heavy atom. The van der Waals surface area contributed by atoms with E-state index in [4.69, 9.17) is 18.0 Å². The molecule has 1 saturated heterocycles. The molecule has 31 heavy (non-hydrogen) atoms. The normalized spacial score (nSPS) is 20.5. The number of amides is 1. The predicted molar refractivity (Wildman–Crippen MR) is 121 cm³/mol. The molecule has 1 fully saturated rings. The number of carbonyl (C=O) groups is 1. The highest BCUT2D eigenvalue weighted by Crippen LogP contribution is 2.43. The molecule has 1 atom stereocenters. The fraction of sp³-hybridized carbons (Fsp3) is 0.273. The second-order valence-electron chi connectivity index (χ2n) is 7.32. The van der Waals surface area contributed by atoms with E-state index in [1.54, 1.807) is 11.8 Å². The number of nitrogens with zero attached hydrogens (tertiary/aromatic N) is 1. The van der Waals surface area contributed by atoms with Crippen molar-refractivity contribution < 1.29 is 23.1 Å². The van der Waals surface area contributed by atoms with Crippen LogP contribution >= 0.6 is 24.0 Å². The zero-order chi connectivity index (χ0) is 22.8. The minimum atomic E-state index is -4.36. The molecule has 2 aromatic carbocycles. The van der Waals surface area contributed by atoms with Crippen molar-refractivity contribution in [3.63, 3.8) is 0 Å². The molecular weight excluding hydrogens is 445 g/mol. The van der Waals surface area contributed by atoms with Gasteiger partial charge in [-0.25, -0.2) is 0 Å². The Morgan fingerprint density at radius 1 is 1.16 bits per heavy atom. The second kappa shape index (κ2) is 9.02. The molecule has 1 amide bonds. The molecule has 0 bridgehead atoms. The highest BCUT2D eigenvalue weighted by Gasteiger charge is 2.42. The first-order valence-corrected chi connectivity index (χ1v) is 10.7. The van der Waals surface area contributed by atoms with Crippen LogP contribution in [0.25, 0.3) is 17.2 Å². The van der Waals surface area contributed by atoms with Crippen LogP contribution in [-0.4, -0.2) is 32.5 Å². The number of thioether (sulfide) groups is 1. The summed E-state index contributed by atoms with van der Waals surface area (Å²) < 4.78 is 38.7. The van der Waals surface area contributed by atoms with Crippen molar-refractivity contribution in [1.82, 2.24) is 4.90 Å². The summed E-state index contributed by atoms with van der Waals surface area (Å²) in [6, 6.07) is 12.3. The van der Waals surface area contributed by atoms with Gasteiger partial charge in [0, 0.05) is 17.9 Å². The summed E-state index contributed by atoms with van der Waals surface area (Å²) in [5.74, 6) is -0.402. The molecule has 0 aromatic heterocycles. The van der Waals surface area contributed by atoms with Crippen LogP contribution in [0.15, 0.2) is 53.4 Å². The molecule has 0 aliphatic carbocycles. The fourth-order valence-electron chi connectivity index (χ4n) is 3.22. The van der Waals surface area contributed by atoms with E-state index in [0.717, 1.165) is 23.3 Å². The summed E-state index contributed by atoms with van der Waals surface area (Å²) in [5.41, 5.74) is 5.46. The quantitative estimate of drug-likeness (QED) is 0.585. The van der Waals surface area contributed by atoms with Gasteiger partial charge in [-0.05, 0) is 48.2 Å². The van der Waals surface area contributed by atoms with E-state index < -0.39 is 23.4 Å². The van der Waals surface area contributed by atoms with Crippen molar-refractivity contribution in [1.29, 1.82) is 0 Å². The van der Waals surface area contributed by atoms with Crippen molar-refractivity contribution in [2.75, 3.05) is 6.54 Å². The number of nitrogens with two attached hydrogens (primary N) is 1. The summed E-state index contributed by atoms with van der Waals surface area (Å²) in [6.45, 7) is 2.05. The summed E-state index contributed by atoms with van der Waals surface area (Å²) >= 11 is 6.66. The third-order valence-corrected chi connectivity index (χ3v) is 6.56. The Balaban J connectivity index is 1.75. The van der Waals surface area contributed by atoms with Gasteiger partial charge in [-0.15, -0.1) is 0 Å². The molecule has 1 unspecified atom stereocenters. The van der Waals surface area contributed by atoms with E-state index in [2.05, 4.69) is 0 Å². The van der Waals surface area contributed by atoms with Crippen LogP contribution < -0.4 is 5.73 Å². The first-order valence-electron chi connectivity index (χ1n) is 9.48. The van der Waals surface area contributed by atoms with Gasteiger partial charge in [0.05, 0.1) is 5.56 Å². The average molecular weight is 467 g/mol. The van der Waals surface area contributed by atoms with E-state index in [0.29, 0.717) is 27.8 Å². The van der Waals surface area contributed by atoms with E-state index in [1.165, 1.54) is 23.9 Å². The number of carbonyl (C=O) groups excluding carboxylic acids is 1. The van der Waals surface area contributed by atoms with Crippen molar-refractivity contribution in [2.24, 2.45) is 5.73 Å². The van der Waals surface area contributed by atoms with Crippen molar-refractivity contribution in [3.8, 4) is 11.1 Å². The van der Waals surface area contributed by atoms with Gasteiger partial charge in [0.2, 0.25) is 5.91 Å². The molecule has 3 rings (SSSR count). The SMILES string of the molecule is CC1(O)/C(=C/c2ccc(-c3ccc(C(F)(F)F)cc3)cc2)SC(=S)N1CCCC(N)=O. The monoisotopic (exact) mass is 466 g/mol. The number of rotatable bonds is 6. The number of alkyl halides is 3. The molecule has 0 saturated carbocycles. The molecule has 4 nitrogen and oxygen atoms in total. The molecule has 3 N–H and O–H groups in total. The van der Waals surface area contributed by atoms with Gasteiger partial charge in [0.15, 0.2) is 5.72 Å². The van der Waals surface area contributed by atoms with E-state index in [9.17, 15) is 23.1 Å². The fourth-order valence-corrected chi connectivity index (χ4v) is 4.82. The second-order valence-corrected chi connectivity index (χ2v) is 8.99. The summed E-state index contributed by atoms with van der Waals surface area (Å²) in [6.07, 6.45) is -1.84. The molecule has 9 heteroatoms. The Morgan fingerprint density at radius 2 is 1.71 bits per heavy atom. The number of hydrogen-bond acceptors (Lipinski definition) is 4. The van der Waals surface area contributed by atoms with Gasteiger partial charge in [-0.1, -0.05) is 60.4 Å². The van der Waals surface area contributed by atoms with Gasteiger partial charge < -0.3 is 15.7 Å². The van der Waals surface area contributed by atoms with Gasteiger partial charge >= 0.3 is 6.18 Å². The van der Waals surface area contributed by atoms with E-state index in [1.807, 2.05) is 30.3 Å². The highest BCUT2D eigenvalue weighted by molar-refractivity contribution is 8.26. The molecule has 1 aliphatic rings. The third-order valence-electron chi connectivity index (χ3n) is 4.97. The summed E-state index contributed by atoms with van der Waals surface area (Å²) in [5, 5.41) is 11.0. The van der Waals surface area contributed by atoms with E-state index >= 15 is 0 Å². The predicted octanol–water partition coefficient (Wildman–Crippen LogP) is 5.02. The maximum absolute atomic E-state index is 12.7. The van der Waals surface area contributed by atoms with Crippen LogP contribution in [0.5, 0.6) is 0 Å². The highest BCUT2D eigenvalue weighted by atomic mass is 32.2. The van der Waals surface area contributed by atoms with Crippen molar-refractivity contribution >= 4 is 40.3 Å². The van der Waals surface area contributed by atoms with Crippen LogP contribution in [0.1, 0.15) is 30.9 Å². The molecule has 1 heterocycles. The van der Waals surface area contributed by atoms with Gasteiger partial charge in [0.25, 0.3) is 0 Å². The van der Waals surface area contributed by atoms with Gasteiger partial charge in [-0.2, -0.15) is 13.2 Å². The molecule has 2 aromatic rings. The molecule has 1 aliphatic heterocycles. The minimum Gasteiger partial charge on any atom is -0.370 e. The molecule has 164 valence electrons. The topological polar surface area (TPSA) is 66.6 Å². The van der Waals surface area contributed by atoms with Crippen LogP contribution in [-0.2, 0) is 11.0 Å². The Kier molecular flexibility index (Phi) is 6.78. The average Bonchev–Trinajstić information content (AvgIpc) is 2.90. The smallest absolute Gasteiger partial charge is 0.370 e. The lowest BCUT2D eigenvalue weighted by molar-refractivity contribution is -0.137. The lowest BCUT2D eigenvalue weighted by atomic mass is 10.0. The number of hydrogen-bond donors (Lipinski definition) is 2. The van der Waals surface area contributed by atoms with Crippen molar-refractivity contribution in [3.05, 3.63) is 64.6 Å². The van der Waals surface area contributed by atoms with Gasteiger partial charge in [0.1, 0.15) is 4.32 Å². The van der Waals surface area contributed by atoms with Crippen LogP contribution in [0, 0.1) is 0 Å². The Labute approximate surface area is 187 Å². The lowest BCUT2D eigenvalue weighted by Crippen LogP contribution is -2.44. The first kappa shape index (κ1) is 23.3. The van der Waals surface area contributed by atoms with Crippen LogP contribution in [0.2, 0.25) is 0 Å². The first-order chi connectivity index (χ1) is 14.5. The zero-order valence-corrected chi connectivity index (χ0v) is 18.3. The third kappa shape index (κ3) is 5.47. The van der Waals surface area contributed by atoms with E-state index in [-0.39, 0.29) is 6.42 Å². The lowest BCUT2D eigenvalue weighted by Gasteiger charge is -2.31. The van der Waals surface area contributed by atoms with Crippen molar-refractivity contribution in [2.45, 2.75) is 31.7 Å². The number of thiocarbonyl (C=S) groups is 1. The molecule has 0 spiro atoms. The Hall–Kier alpha value is -2.36. The molecule has 0 radical (unpaired) electrons. The zero-order valence-electron chi connectivity index (χ0n) is 16.6. The standard InChI is InChI=1S/C22H21F3N2O2S2/c1-21(29)18(31-20(30)27(21)12-2-3-19(26)28)13-14-4-6-15(7-5-14)16-8-10-17(11-9-16)22(23,24)25/h4-11,13,29H,2-3,12H2,1H3,(H2,26,28)/b18-13-. The largest absolute Gasteiger partial charge is 0.416 e. The number of halogens is 3.